The summed E-state index contributed by atoms with van der Waals surface area (Å²) in [6.45, 7) is 2.82. The quantitative estimate of drug-likeness (QED) is 0.828. The molecule has 0 aromatic carbocycles. The van der Waals surface area contributed by atoms with Gasteiger partial charge in [-0.2, -0.15) is 4.98 Å². The molecule has 1 aliphatic carbocycles. The van der Waals surface area contributed by atoms with Crippen molar-refractivity contribution in [3.63, 3.8) is 0 Å². The molecule has 0 spiro atoms. The summed E-state index contributed by atoms with van der Waals surface area (Å²) in [5.41, 5.74) is 0.929. The smallest absolute Gasteiger partial charge is 0.394 e. The highest BCUT2D eigenvalue weighted by molar-refractivity contribution is 5.01. The molecule has 5 nitrogen and oxygen atoms in total. The third-order valence-electron chi connectivity index (χ3n) is 3.30. The summed E-state index contributed by atoms with van der Waals surface area (Å²) in [7, 11) is 2.10. The lowest BCUT2D eigenvalue weighted by Crippen LogP contribution is -2.21. The zero-order valence-corrected chi connectivity index (χ0v) is 10.2. The highest BCUT2D eigenvalue weighted by Gasteiger charge is 2.23. The minimum Gasteiger partial charge on any atom is -0.445 e. The van der Waals surface area contributed by atoms with E-state index in [2.05, 4.69) is 22.2 Å². The van der Waals surface area contributed by atoms with E-state index in [1.54, 1.807) is 6.26 Å². The number of hydrogen-bond donors (Lipinski definition) is 1. The van der Waals surface area contributed by atoms with Crippen molar-refractivity contribution in [2.45, 2.75) is 38.0 Å². The summed E-state index contributed by atoms with van der Waals surface area (Å²) in [6.07, 6.45) is 5.95. The first-order chi connectivity index (χ1) is 8.29. The van der Waals surface area contributed by atoms with Crippen LogP contribution in [0.3, 0.4) is 0 Å². The van der Waals surface area contributed by atoms with Crippen LogP contribution in [0.1, 0.15) is 25.0 Å². The normalized spacial score (nSPS) is 25.4. The maximum Gasteiger partial charge on any atom is 0.394 e. The number of hydrogen-bond acceptors (Lipinski definition) is 5. The predicted molar refractivity (Wildman–Crippen MR) is 62.9 cm³/mol. The Hall–Kier alpha value is -1.07. The molecule has 17 heavy (non-hydrogen) atoms. The third kappa shape index (κ3) is 2.98. The van der Waals surface area contributed by atoms with Crippen molar-refractivity contribution in [1.82, 2.24) is 15.2 Å². The molecule has 1 N–H and O–H groups in total. The first-order valence-corrected chi connectivity index (χ1v) is 6.32. The molecule has 0 radical (unpaired) electrons. The molecular weight excluding hydrogens is 218 g/mol. The van der Waals surface area contributed by atoms with Gasteiger partial charge in [-0.3, -0.25) is 0 Å². The molecule has 2 fully saturated rings. The van der Waals surface area contributed by atoms with Crippen LogP contribution in [0.25, 0.3) is 0 Å². The summed E-state index contributed by atoms with van der Waals surface area (Å²) in [5, 5.41) is 3.40. The molecule has 0 amide bonds. The van der Waals surface area contributed by atoms with Crippen molar-refractivity contribution in [3.8, 4) is 6.08 Å². The molecule has 5 heteroatoms. The second kappa shape index (κ2) is 4.66. The van der Waals surface area contributed by atoms with Crippen molar-refractivity contribution in [2.75, 3.05) is 20.1 Å². The van der Waals surface area contributed by atoms with Gasteiger partial charge < -0.3 is 19.4 Å². The molecule has 94 valence electrons. The molecule has 2 heterocycles. The van der Waals surface area contributed by atoms with E-state index in [0.717, 1.165) is 31.7 Å². The van der Waals surface area contributed by atoms with E-state index in [1.165, 1.54) is 12.8 Å². The lowest BCUT2D eigenvalue weighted by Gasteiger charge is -2.09. The van der Waals surface area contributed by atoms with Crippen molar-refractivity contribution in [3.05, 3.63) is 12.0 Å². The second-order valence-corrected chi connectivity index (χ2v) is 5.05. The number of likely N-dealkylation sites (tertiary alicyclic amines) is 1. The van der Waals surface area contributed by atoms with Gasteiger partial charge in [-0.15, -0.1) is 0 Å². The number of nitrogens with zero attached hydrogens (tertiary/aromatic N) is 2. The number of ether oxygens (including phenoxy) is 1. The summed E-state index contributed by atoms with van der Waals surface area (Å²) in [5.74, 6) is 0. The van der Waals surface area contributed by atoms with Gasteiger partial charge in [-0.25, -0.2) is 0 Å². The van der Waals surface area contributed by atoms with E-state index in [0.29, 0.717) is 12.1 Å². The largest absolute Gasteiger partial charge is 0.445 e. The molecule has 1 saturated heterocycles. The molecule has 1 unspecified atom stereocenters. The molecular formula is C12H19N3O2. The molecule has 2 aliphatic rings. The fourth-order valence-corrected chi connectivity index (χ4v) is 2.09. The van der Waals surface area contributed by atoms with E-state index in [4.69, 9.17) is 9.15 Å². The van der Waals surface area contributed by atoms with E-state index in [9.17, 15) is 0 Å². The van der Waals surface area contributed by atoms with E-state index < -0.39 is 0 Å². The van der Waals surface area contributed by atoms with Crippen LogP contribution in [-0.2, 0) is 6.54 Å². The molecule has 1 aromatic heterocycles. The Morgan fingerprint density at radius 2 is 2.41 bits per heavy atom. The fourth-order valence-electron chi connectivity index (χ4n) is 2.09. The van der Waals surface area contributed by atoms with Gasteiger partial charge in [-0.05, 0) is 26.3 Å². The summed E-state index contributed by atoms with van der Waals surface area (Å²) in [4.78, 5) is 6.58. The standard InChI is InChI=1S/C12H19N3O2/c1-15-5-4-11(7-15)17-12-14-10(8-16-12)6-13-9-2-3-9/h8-9,11,13H,2-7H2,1H3. The Morgan fingerprint density at radius 3 is 3.12 bits per heavy atom. The molecule has 1 saturated carbocycles. The van der Waals surface area contributed by atoms with Crippen LogP contribution in [0.15, 0.2) is 10.7 Å². The summed E-state index contributed by atoms with van der Waals surface area (Å²) in [6, 6.07) is 0.694. The summed E-state index contributed by atoms with van der Waals surface area (Å²) >= 11 is 0. The van der Waals surface area contributed by atoms with Gasteiger partial charge in [0, 0.05) is 25.7 Å². The number of nitrogens with one attached hydrogen (secondary N) is 1. The fraction of sp³-hybridized carbons (Fsp3) is 0.750. The van der Waals surface area contributed by atoms with Crippen LogP contribution in [0.5, 0.6) is 6.08 Å². The predicted octanol–water partition coefficient (Wildman–Crippen LogP) is 1.01. The molecule has 1 aliphatic heterocycles. The number of oxazole rings is 1. The zero-order chi connectivity index (χ0) is 11.7. The maximum atomic E-state index is 5.70. The van der Waals surface area contributed by atoms with Crippen LogP contribution < -0.4 is 10.1 Å². The van der Waals surface area contributed by atoms with E-state index in [1.807, 2.05) is 0 Å². The highest BCUT2D eigenvalue weighted by atomic mass is 16.6. The van der Waals surface area contributed by atoms with Crippen molar-refractivity contribution >= 4 is 0 Å². The minimum absolute atomic E-state index is 0.225. The van der Waals surface area contributed by atoms with E-state index >= 15 is 0 Å². The topological polar surface area (TPSA) is 50.5 Å². The van der Waals surface area contributed by atoms with Crippen molar-refractivity contribution in [1.29, 1.82) is 0 Å². The lowest BCUT2D eigenvalue weighted by molar-refractivity contribution is 0.153. The average Bonchev–Trinajstić information content (AvgIpc) is 2.90. The molecule has 3 rings (SSSR count). The van der Waals surface area contributed by atoms with Crippen LogP contribution in [0.4, 0.5) is 0 Å². The Bertz CT molecular complexity index is 376. The number of aromatic nitrogens is 1. The lowest BCUT2D eigenvalue weighted by atomic mass is 10.3. The van der Waals surface area contributed by atoms with Crippen molar-refractivity contribution in [2.24, 2.45) is 0 Å². The summed E-state index contributed by atoms with van der Waals surface area (Å²) < 4.78 is 11.0. The average molecular weight is 237 g/mol. The van der Waals surface area contributed by atoms with Crippen molar-refractivity contribution < 1.29 is 9.15 Å². The van der Waals surface area contributed by atoms with Crippen LogP contribution in [-0.4, -0.2) is 42.2 Å². The van der Waals surface area contributed by atoms with Crippen LogP contribution in [0.2, 0.25) is 0 Å². The van der Waals surface area contributed by atoms with Gasteiger partial charge in [0.2, 0.25) is 0 Å². The molecule has 1 aromatic rings. The first-order valence-electron chi connectivity index (χ1n) is 6.32. The second-order valence-electron chi connectivity index (χ2n) is 5.05. The zero-order valence-electron chi connectivity index (χ0n) is 10.2. The van der Waals surface area contributed by atoms with Crippen LogP contribution in [0, 0.1) is 0 Å². The SMILES string of the molecule is CN1CCC(Oc2nc(CNC3CC3)co2)C1. The van der Waals surface area contributed by atoms with Gasteiger partial charge >= 0.3 is 6.08 Å². The Morgan fingerprint density at radius 1 is 1.53 bits per heavy atom. The monoisotopic (exact) mass is 237 g/mol. The maximum absolute atomic E-state index is 5.70. The first kappa shape index (κ1) is 11.0. The van der Waals surface area contributed by atoms with Gasteiger partial charge in [0.1, 0.15) is 12.4 Å². The Kier molecular flexibility index (Phi) is 3.03. The third-order valence-corrected chi connectivity index (χ3v) is 3.30. The van der Waals surface area contributed by atoms with Gasteiger partial charge in [0.15, 0.2) is 0 Å². The van der Waals surface area contributed by atoms with E-state index in [-0.39, 0.29) is 6.10 Å². The Labute approximate surface area is 101 Å². The van der Waals surface area contributed by atoms with Gasteiger partial charge in [0.05, 0.1) is 5.69 Å². The number of likely N-dealkylation sites (N-methyl/N-ethyl adjacent to an activating group) is 1. The molecule has 1 atom stereocenters. The minimum atomic E-state index is 0.225. The number of rotatable bonds is 5. The Balaban J connectivity index is 1.49. The molecule has 0 bridgehead atoms. The van der Waals surface area contributed by atoms with Gasteiger partial charge in [-0.1, -0.05) is 0 Å². The van der Waals surface area contributed by atoms with Gasteiger partial charge in [0.25, 0.3) is 0 Å². The highest BCUT2D eigenvalue weighted by Crippen LogP contribution is 2.20. The van der Waals surface area contributed by atoms with Crippen LogP contribution >= 0.6 is 0 Å².